The number of amides is 1. The largest absolute Gasteiger partial charge is 0.493 e. The third kappa shape index (κ3) is 4.93. The van der Waals surface area contributed by atoms with Crippen LogP contribution in [0.25, 0.3) is 11.0 Å². The van der Waals surface area contributed by atoms with Gasteiger partial charge in [0.1, 0.15) is 0 Å². The Balaban J connectivity index is 1.71. The van der Waals surface area contributed by atoms with E-state index in [4.69, 9.17) is 9.15 Å². The van der Waals surface area contributed by atoms with Crippen LogP contribution in [-0.2, 0) is 13.0 Å². The van der Waals surface area contributed by atoms with Crippen molar-refractivity contribution in [3.05, 3.63) is 65.4 Å². The van der Waals surface area contributed by atoms with Crippen LogP contribution < -0.4 is 15.4 Å². The summed E-state index contributed by atoms with van der Waals surface area (Å²) in [5.74, 6) is 0.733. The van der Waals surface area contributed by atoms with E-state index in [0.717, 1.165) is 43.3 Å². The number of methoxy groups -OCH3 is 1. The Labute approximate surface area is 166 Å². The molecular formula is C23H28N2O3. The normalized spacial score (nSPS) is 10.9. The van der Waals surface area contributed by atoms with E-state index in [1.165, 1.54) is 5.56 Å². The summed E-state index contributed by atoms with van der Waals surface area (Å²) in [6, 6.07) is 15.8. The van der Waals surface area contributed by atoms with Crippen molar-refractivity contribution in [1.82, 2.24) is 10.6 Å². The minimum Gasteiger partial charge on any atom is -0.493 e. The van der Waals surface area contributed by atoms with Crippen LogP contribution >= 0.6 is 0 Å². The van der Waals surface area contributed by atoms with Crippen molar-refractivity contribution < 1.29 is 13.9 Å². The van der Waals surface area contributed by atoms with Crippen LogP contribution in [0, 0.1) is 0 Å². The van der Waals surface area contributed by atoms with Crippen molar-refractivity contribution in [2.45, 2.75) is 32.7 Å². The molecule has 0 saturated carbocycles. The summed E-state index contributed by atoms with van der Waals surface area (Å²) in [7, 11) is 1.61. The maximum atomic E-state index is 12.6. The first-order chi connectivity index (χ1) is 13.7. The van der Waals surface area contributed by atoms with Crippen molar-refractivity contribution in [3.8, 4) is 5.75 Å². The topological polar surface area (TPSA) is 63.5 Å². The summed E-state index contributed by atoms with van der Waals surface area (Å²) in [4.78, 5) is 12.6. The lowest BCUT2D eigenvalue weighted by Gasteiger charge is -2.07. The molecule has 0 bridgehead atoms. The Hall–Kier alpha value is -2.79. The minimum atomic E-state index is -0.209. The number of carbonyl (C=O) groups is 1. The second kappa shape index (κ2) is 9.95. The summed E-state index contributed by atoms with van der Waals surface area (Å²) in [6.45, 7) is 4.43. The molecule has 5 heteroatoms. The van der Waals surface area contributed by atoms with Gasteiger partial charge in [0.25, 0.3) is 5.91 Å². The number of fused-ring (bicyclic) bond motifs is 1. The van der Waals surface area contributed by atoms with Gasteiger partial charge < -0.3 is 19.8 Å². The van der Waals surface area contributed by atoms with Gasteiger partial charge in [-0.2, -0.15) is 0 Å². The Bertz CT molecular complexity index is 903. The van der Waals surface area contributed by atoms with Crippen LogP contribution in [-0.4, -0.2) is 26.1 Å². The Morgan fingerprint density at radius 3 is 2.68 bits per heavy atom. The monoisotopic (exact) mass is 380 g/mol. The molecule has 0 spiro atoms. The van der Waals surface area contributed by atoms with E-state index in [0.29, 0.717) is 23.6 Å². The Morgan fingerprint density at radius 1 is 1.11 bits per heavy atom. The molecule has 148 valence electrons. The number of unbranched alkanes of at least 4 members (excludes halogenated alkanes) is 1. The van der Waals surface area contributed by atoms with Crippen LogP contribution in [0.5, 0.6) is 5.75 Å². The van der Waals surface area contributed by atoms with Crippen LogP contribution in [0.15, 0.2) is 52.9 Å². The highest BCUT2D eigenvalue weighted by Gasteiger charge is 2.17. The Morgan fingerprint density at radius 2 is 1.93 bits per heavy atom. The molecule has 1 aromatic heterocycles. The number of benzene rings is 2. The molecule has 28 heavy (non-hydrogen) atoms. The summed E-state index contributed by atoms with van der Waals surface area (Å²) >= 11 is 0. The number of nitrogens with one attached hydrogen (secondary N) is 2. The molecule has 0 atom stereocenters. The lowest BCUT2D eigenvalue weighted by Crippen LogP contribution is -2.25. The SMILES string of the molecule is CCCCNCc1ccc(OC)c2oc(C(=O)NCCc3ccccc3)cc12. The van der Waals surface area contributed by atoms with Gasteiger partial charge in [0, 0.05) is 18.5 Å². The maximum Gasteiger partial charge on any atom is 0.287 e. The van der Waals surface area contributed by atoms with E-state index in [2.05, 4.69) is 29.7 Å². The third-order valence-electron chi connectivity index (χ3n) is 4.75. The molecule has 3 aromatic rings. The van der Waals surface area contributed by atoms with Crippen molar-refractivity contribution in [1.29, 1.82) is 0 Å². The summed E-state index contributed by atoms with van der Waals surface area (Å²) in [5.41, 5.74) is 2.90. The Kier molecular flexibility index (Phi) is 7.09. The first kappa shape index (κ1) is 20.0. The van der Waals surface area contributed by atoms with Gasteiger partial charge in [0.2, 0.25) is 0 Å². The van der Waals surface area contributed by atoms with E-state index in [1.54, 1.807) is 7.11 Å². The smallest absolute Gasteiger partial charge is 0.287 e. The summed E-state index contributed by atoms with van der Waals surface area (Å²) in [5, 5.41) is 7.29. The minimum absolute atomic E-state index is 0.209. The highest BCUT2D eigenvalue weighted by Crippen LogP contribution is 2.31. The van der Waals surface area contributed by atoms with Gasteiger partial charge >= 0.3 is 0 Å². The van der Waals surface area contributed by atoms with Gasteiger partial charge in [0.15, 0.2) is 17.1 Å². The molecule has 1 heterocycles. The lowest BCUT2D eigenvalue weighted by atomic mass is 10.1. The standard InChI is InChI=1S/C23H28N2O3/c1-3-4-13-24-16-18-10-11-20(27-2)22-19(18)15-21(28-22)23(26)25-14-12-17-8-6-5-7-9-17/h5-11,15,24H,3-4,12-14,16H2,1-2H3,(H,25,26). The fourth-order valence-electron chi connectivity index (χ4n) is 3.16. The second-order valence-electron chi connectivity index (χ2n) is 6.80. The molecule has 0 fully saturated rings. The molecule has 5 nitrogen and oxygen atoms in total. The van der Waals surface area contributed by atoms with Gasteiger partial charge in [-0.1, -0.05) is 49.7 Å². The van der Waals surface area contributed by atoms with Crippen LogP contribution in [0.2, 0.25) is 0 Å². The number of hydrogen-bond donors (Lipinski definition) is 2. The van der Waals surface area contributed by atoms with E-state index < -0.39 is 0 Å². The lowest BCUT2D eigenvalue weighted by molar-refractivity contribution is 0.0928. The predicted octanol–water partition coefficient (Wildman–Crippen LogP) is 4.30. The summed E-state index contributed by atoms with van der Waals surface area (Å²) in [6.07, 6.45) is 3.08. The molecule has 1 amide bonds. The second-order valence-corrected chi connectivity index (χ2v) is 6.80. The van der Waals surface area contributed by atoms with Gasteiger partial charge in [-0.25, -0.2) is 0 Å². The van der Waals surface area contributed by atoms with Crippen molar-refractivity contribution >= 4 is 16.9 Å². The van der Waals surface area contributed by atoms with Crippen molar-refractivity contribution in [2.75, 3.05) is 20.2 Å². The number of carbonyl (C=O) groups excluding carboxylic acids is 1. The third-order valence-corrected chi connectivity index (χ3v) is 4.75. The first-order valence-electron chi connectivity index (χ1n) is 9.85. The number of ether oxygens (including phenoxy) is 1. The van der Waals surface area contributed by atoms with Crippen molar-refractivity contribution in [3.63, 3.8) is 0 Å². The van der Waals surface area contributed by atoms with Gasteiger partial charge in [-0.3, -0.25) is 4.79 Å². The number of rotatable bonds is 10. The molecule has 0 radical (unpaired) electrons. The molecule has 0 unspecified atom stereocenters. The predicted molar refractivity (Wildman–Crippen MR) is 112 cm³/mol. The van der Waals surface area contributed by atoms with E-state index in [-0.39, 0.29) is 5.91 Å². The molecule has 0 aliphatic carbocycles. The molecule has 0 aliphatic heterocycles. The molecule has 2 aromatic carbocycles. The van der Waals surface area contributed by atoms with Crippen LogP contribution in [0.3, 0.4) is 0 Å². The van der Waals surface area contributed by atoms with Crippen LogP contribution in [0.4, 0.5) is 0 Å². The molecular weight excluding hydrogens is 352 g/mol. The molecule has 0 aliphatic rings. The maximum absolute atomic E-state index is 12.6. The quantitative estimate of drug-likeness (QED) is 0.515. The van der Waals surface area contributed by atoms with E-state index >= 15 is 0 Å². The zero-order valence-electron chi connectivity index (χ0n) is 16.6. The average molecular weight is 380 g/mol. The number of furan rings is 1. The molecule has 0 saturated heterocycles. The van der Waals surface area contributed by atoms with Gasteiger partial charge in [-0.05, 0) is 42.6 Å². The first-order valence-corrected chi connectivity index (χ1v) is 9.85. The van der Waals surface area contributed by atoms with Gasteiger partial charge in [0.05, 0.1) is 7.11 Å². The average Bonchev–Trinajstić information content (AvgIpc) is 3.18. The van der Waals surface area contributed by atoms with Crippen LogP contribution in [0.1, 0.15) is 41.4 Å². The molecule has 3 rings (SSSR count). The fraction of sp³-hybridized carbons (Fsp3) is 0.348. The summed E-state index contributed by atoms with van der Waals surface area (Å²) < 4.78 is 11.3. The fourth-order valence-corrected chi connectivity index (χ4v) is 3.16. The highest BCUT2D eigenvalue weighted by molar-refractivity contribution is 5.98. The van der Waals surface area contributed by atoms with E-state index in [1.807, 2.05) is 36.4 Å². The zero-order valence-corrected chi connectivity index (χ0v) is 16.6. The highest BCUT2D eigenvalue weighted by atomic mass is 16.5. The van der Waals surface area contributed by atoms with Gasteiger partial charge in [-0.15, -0.1) is 0 Å². The zero-order chi connectivity index (χ0) is 19.8. The van der Waals surface area contributed by atoms with Crippen molar-refractivity contribution in [2.24, 2.45) is 0 Å². The molecule has 2 N–H and O–H groups in total. The number of hydrogen-bond acceptors (Lipinski definition) is 4. The van der Waals surface area contributed by atoms with E-state index in [9.17, 15) is 4.79 Å².